The third-order valence-electron chi connectivity index (χ3n) is 3.29. The van der Waals surface area contributed by atoms with Gasteiger partial charge in [0.15, 0.2) is 0 Å². The number of carboxylic acid groups (broad SMARTS) is 1. The van der Waals surface area contributed by atoms with Crippen LogP contribution in [0.15, 0.2) is 21.6 Å². The molecule has 0 saturated carbocycles. The van der Waals surface area contributed by atoms with Crippen LogP contribution < -0.4 is 5.69 Å². The zero-order valence-electron chi connectivity index (χ0n) is 11.5. The highest BCUT2D eigenvalue weighted by molar-refractivity contribution is 5.76. The molecule has 7 heteroatoms. The number of rotatable bonds is 4. The van der Waals surface area contributed by atoms with Gasteiger partial charge < -0.3 is 9.63 Å². The second-order valence-electron chi connectivity index (χ2n) is 4.62. The Labute approximate surface area is 114 Å². The monoisotopic (exact) mass is 277 g/mol. The van der Waals surface area contributed by atoms with E-state index in [0.29, 0.717) is 22.6 Å². The molecule has 1 unspecified atom stereocenters. The van der Waals surface area contributed by atoms with Crippen LogP contribution in [0.2, 0.25) is 0 Å². The lowest BCUT2D eigenvalue weighted by atomic mass is 9.98. The summed E-state index contributed by atoms with van der Waals surface area (Å²) >= 11 is 0. The molecule has 0 fully saturated rings. The van der Waals surface area contributed by atoms with Crippen molar-refractivity contribution >= 4 is 5.97 Å². The standard InChI is InChI=1S/C13H15N3O4/c1-7(12(17)18)11-8(2)14-13(19)16(9(11)3)6-10-4-5-20-15-10/h4-5,7H,6H2,1-3H3,(H,17,18). The fourth-order valence-electron chi connectivity index (χ4n) is 2.23. The van der Waals surface area contributed by atoms with Crippen molar-refractivity contribution in [2.45, 2.75) is 33.2 Å². The molecule has 0 spiro atoms. The molecule has 0 aliphatic heterocycles. The molecule has 1 N–H and O–H groups in total. The molecule has 0 bridgehead atoms. The van der Waals surface area contributed by atoms with Crippen molar-refractivity contribution in [2.24, 2.45) is 0 Å². The maximum Gasteiger partial charge on any atom is 0.348 e. The number of carboxylic acids is 1. The Morgan fingerprint density at radius 2 is 2.20 bits per heavy atom. The van der Waals surface area contributed by atoms with E-state index in [2.05, 4.69) is 10.1 Å². The lowest BCUT2D eigenvalue weighted by Crippen LogP contribution is -2.29. The van der Waals surface area contributed by atoms with E-state index in [1.807, 2.05) is 0 Å². The minimum atomic E-state index is -0.954. The number of nitrogens with zero attached hydrogens (tertiary/aromatic N) is 3. The third-order valence-corrected chi connectivity index (χ3v) is 3.29. The Balaban J connectivity index is 2.55. The van der Waals surface area contributed by atoms with Crippen molar-refractivity contribution in [3.05, 3.63) is 45.5 Å². The molecule has 2 aromatic heterocycles. The van der Waals surface area contributed by atoms with E-state index in [4.69, 9.17) is 9.63 Å². The first-order valence-corrected chi connectivity index (χ1v) is 6.11. The summed E-state index contributed by atoms with van der Waals surface area (Å²) in [6.07, 6.45) is 1.41. The van der Waals surface area contributed by atoms with Gasteiger partial charge >= 0.3 is 11.7 Å². The van der Waals surface area contributed by atoms with E-state index in [9.17, 15) is 9.59 Å². The van der Waals surface area contributed by atoms with Gasteiger partial charge in [0.2, 0.25) is 0 Å². The van der Waals surface area contributed by atoms with Crippen LogP contribution in [0.5, 0.6) is 0 Å². The Hall–Kier alpha value is -2.44. The van der Waals surface area contributed by atoms with Crippen LogP contribution in [0.4, 0.5) is 0 Å². The van der Waals surface area contributed by atoms with E-state index in [0.717, 1.165) is 0 Å². The lowest BCUT2D eigenvalue weighted by Gasteiger charge is -2.17. The molecule has 0 aliphatic carbocycles. The summed E-state index contributed by atoms with van der Waals surface area (Å²) in [6, 6.07) is 1.64. The number of carbonyl (C=O) groups is 1. The third kappa shape index (κ3) is 2.47. The van der Waals surface area contributed by atoms with Crippen molar-refractivity contribution in [2.75, 3.05) is 0 Å². The number of hydrogen-bond donors (Lipinski definition) is 1. The Morgan fingerprint density at radius 3 is 2.75 bits per heavy atom. The van der Waals surface area contributed by atoms with Crippen LogP contribution >= 0.6 is 0 Å². The first-order valence-electron chi connectivity index (χ1n) is 6.11. The highest BCUT2D eigenvalue weighted by atomic mass is 16.5. The average Bonchev–Trinajstić information content (AvgIpc) is 2.86. The van der Waals surface area contributed by atoms with E-state index in [1.54, 1.807) is 26.8 Å². The number of aryl methyl sites for hydroxylation is 1. The van der Waals surface area contributed by atoms with Crippen LogP contribution in [-0.4, -0.2) is 25.8 Å². The molecule has 2 heterocycles. The Bertz CT molecular complexity index is 688. The van der Waals surface area contributed by atoms with Gasteiger partial charge in [-0.15, -0.1) is 0 Å². The first kappa shape index (κ1) is 14.0. The number of hydrogen-bond acceptors (Lipinski definition) is 5. The second kappa shape index (κ2) is 5.28. The predicted molar refractivity (Wildman–Crippen MR) is 69.6 cm³/mol. The summed E-state index contributed by atoms with van der Waals surface area (Å²) < 4.78 is 6.13. The summed E-state index contributed by atoms with van der Waals surface area (Å²) in [5.74, 6) is -1.68. The number of aliphatic carboxylic acids is 1. The van der Waals surface area contributed by atoms with Gasteiger partial charge in [0, 0.05) is 23.0 Å². The largest absolute Gasteiger partial charge is 0.481 e. The summed E-state index contributed by atoms with van der Waals surface area (Å²) in [7, 11) is 0. The fourth-order valence-corrected chi connectivity index (χ4v) is 2.23. The molecule has 7 nitrogen and oxygen atoms in total. The molecule has 0 aliphatic rings. The summed E-state index contributed by atoms with van der Waals surface area (Å²) in [5.41, 5.74) is 1.74. The normalized spacial score (nSPS) is 12.3. The molecule has 20 heavy (non-hydrogen) atoms. The summed E-state index contributed by atoms with van der Waals surface area (Å²) in [5, 5.41) is 12.9. The Kier molecular flexibility index (Phi) is 3.69. The molecule has 0 radical (unpaired) electrons. The zero-order chi connectivity index (χ0) is 14.9. The molecular weight excluding hydrogens is 262 g/mol. The van der Waals surface area contributed by atoms with E-state index < -0.39 is 17.6 Å². The van der Waals surface area contributed by atoms with Crippen molar-refractivity contribution in [3.8, 4) is 0 Å². The van der Waals surface area contributed by atoms with Gasteiger partial charge in [-0.1, -0.05) is 5.16 Å². The lowest BCUT2D eigenvalue weighted by molar-refractivity contribution is -0.138. The summed E-state index contributed by atoms with van der Waals surface area (Å²) in [6.45, 7) is 5.13. The predicted octanol–water partition coefficient (Wildman–Crippen LogP) is 1.08. The maximum absolute atomic E-state index is 12.0. The number of aromatic nitrogens is 3. The van der Waals surface area contributed by atoms with Gasteiger partial charge in [-0.2, -0.15) is 4.98 Å². The van der Waals surface area contributed by atoms with Gasteiger partial charge in [-0.05, 0) is 20.8 Å². The smallest absolute Gasteiger partial charge is 0.348 e. The van der Waals surface area contributed by atoms with Crippen molar-refractivity contribution in [1.29, 1.82) is 0 Å². The molecule has 0 amide bonds. The van der Waals surface area contributed by atoms with Crippen molar-refractivity contribution < 1.29 is 14.4 Å². The van der Waals surface area contributed by atoms with Gasteiger partial charge in [-0.25, -0.2) is 4.79 Å². The quantitative estimate of drug-likeness (QED) is 0.898. The van der Waals surface area contributed by atoms with E-state index in [-0.39, 0.29) is 6.54 Å². The molecule has 0 aromatic carbocycles. The minimum absolute atomic E-state index is 0.202. The molecular formula is C13H15N3O4. The van der Waals surface area contributed by atoms with Crippen molar-refractivity contribution in [1.82, 2.24) is 14.7 Å². The molecule has 0 saturated heterocycles. The van der Waals surface area contributed by atoms with Crippen molar-refractivity contribution in [3.63, 3.8) is 0 Å². The topological polar surface area (TPSA) is 98.2 Å². The fraction of sp³-hybridized carbons (Fsp3) is 0.385. The van der Waals surface area contributed by atoms with Gasteiger partial charge in [0.25, 0.3) is 0 Å². The highest BCUT2D eigenvalue weighted by Crippen LogP contribution is 2.21. The average molecular weight is 277 g/mol. The first-order chi connectivity index (χ1) is 9.41. The molecule has 1 atom stereocenters. The van der Waals surface area contributed by atoms with Crippen LogP contribution in [0.25, 0.3) is 0 Å². The minimum Gasteiger partial charge on any atom is -0.481 e. The summed E-state index contributed by atoms with van der Waals surface area (Å²) in [4.78, 5) is 27.1. The zero-order valence-corrected chi connectivity index (χ0v) is 11.5. The second-order valence-corrected chi connectivity index (χ2v) is 4.62. The molecule has 2 rings (SSSR count). The van der Waals surface area contributed by atoms with Crippen LogP contribution in [0, 0.1) is 13.8 Å². The van der Waals surface area contributed by atoms with Crippen LogP contribution in [0.3, 0.4) is 0 Å². The van der Waals surface area contributed by atoms with Crippen LogP contribution in [0.1, 0.15) is 35.5 Å². The SMILES string of the molecule is Cc1nc(=O)n(Cc2ccon2)c(C)c1C(C)C(=O)O. The molecule has 106 valence electrons. The van der Waals surface area contributed by atoms with E-state index >= 15 is 0 Å². The van der Waals surface area contributed by atoms with E-state index in [1.165, 1.54) is 10.8 Å². The Morgan fingerprint density at radius 1 is 1.50 bits per heavy atom. The van der Waals surface area contributed by atoms with Gasteiger partial charge in [0.1, 0.15) is 12.0 Å². The molecule has 2 aromatic rings. The van der Waals surface area contributed by atoms with Gasteiger partial charge in [0.05, 0.1) is 12.5 Å². The maximum atomic E-state index is 12.0. The highest BCUT2D eigenvalue weighted by Gasteiger charge is 2.22. The van der Waals surface area contributed by atoms with Gasteiger partial charge in [-0.3, -0.25) is 9.36 Å². The van der Waals surface area contributed by atoms with Crippen LogP contribution in [-0.2, 0) is 11.3 Å².